The summed E-state index contributed by atoms with van der Waals surface area (Å²) in [6.45, 7) is 12.8. The number of oxazole rings is 1. The maximum atomic E-state index is 13.3. The number of rotatable bonds is 6. The smallest absolute Gasteiger partial charge is 0.259 e. The molecule has 0 spiro atoms. The van der Waals surface area contributed by atoms with E-state index in [4.69, 9.17) is 23.2 Å². The van der Waals surface area contributed by atoms with E-state index in [1.807, 2.05) is 43.9 Å². The Kier molecular flexibility index (Phi) is 5.76. The lowest BCUT2D eigenvalue weighted by molar-refractivity contribution is -0.120. The van der Waals surface area contributed by atoms with Crippen LogP contribution in [-0.2, 0) is 17.6 Å². The molecule has 8 heteroatoms. The first-order valence-corrected chi connectivity index (χ1v) is 10.7. The zero-order valence-electron chi connectivity index (χ0n) is 18.2. The van der Waals surface area contributed by atoms with Gasteiger partial charge >= 0.3 is 0 Å². The van der Waals surface area contributed by atoms with Crippen LogP contribution in [0.4, 0.5) is 17.1 Å². The van der Waals surface area contributed by atoms with Crippen LogP contribution in [0.25, 0.3) is 4.85 Å². The largest absolute Gasteiger partial charge is 0.449 e. The Morgan fingerprint density at radius 2 is 1.94 bits per heavy atom. The topological polar surface area (TPSA) is 66.8 Å². The molecular formula is C24H23N5O2S. The number of amides is 1. The van der Waals surface area contributed by atoms with E-state index in [0.29, 0.717) is 16.5 Å². The molecule has 1 saturated heterocycles. The summed E-state index contributed by atoms with van der Waals surface area (Å²) in [5.74, 6) is 0.608. The quantitative estimate of drug-likeness (QED) is 0.392. The molecule has 0 bridgehead atoms. The van der Waals surface area contributed by atoms with Gasteiger partial charge in [0.1, 0.15) is 11.8 Å². The van der Waals surface area contributed by atoms with Gasteiger partial charge in [-0.15, -0.1) is 0 Å². The minimum atomic E-state index is -0.863. The molecule has 0 N–H and O–H groups in total. The molecular weight excluding hydrogens is 422 g/mol. The Morgan fingerprint density at radius 1 is 1.16 bits per heavy atom. The molecule has 3 heterocycles. The first kappa shape index (κ1) is 21.7. The number of carbonyl (C=O) groups excluding carboxylic acids is 1. The van der Waals surface area contributed by atoms with Crippen LogP contribution in [0.3, 0.4) is 0 Å². The summed E-state index contributed by atoms with van der Waals surface area (Å²) in [5, 5.41) is 0.397. The number of aromatic nitrogens is 2. The van der Waals surface area contributed by atoms with E-state index in [-0.39, 0.29) is 5.91 Å². The van der Waals surface area contributed by atoms with Gasteiger partial charge in [0.25, 0.3) is 5.91 Å². The zero-order chi connectivity index (χ0) is 22.9. The SMILES string of the molecule is [C-]#[N+]c1ccc(N2C(=O)C(C)(C)N(c3ccc(CCCc4ncco4)nc3)C2=S)cc1C. The van der Waals surface area contributed by atoms with Crippen LogP contribution in [0.5, 0.6) is 0 Å². The van der Waals surface area contributed by atoms with Gasteiger partial charge in [0.2, 0.25) is 0 Å². The zero-order valence-corrected chi connectivity index (χ0v) is 19.0. The molecule has 0 atom stereocenters. The van der Waals surface area contributed by atoms with E-state index in [1.165, 1.54) is 0 Å². The molecule has 162 valence electrons. The highest BCUT2D eigenvalue weighted by Crippen LogP contribution is 2.37. The number of hydrogen-bond donors (Lipinski definition) is 0. The summed E-state index contributed by atoms with van der Waals surface area (Å²) in [5.41, 5.74) is 2.89. The van der Waals surface area contributed by atoms with Crippen molar-refractivity contribution in [3.63, 3.8) is 0 Å². The van der Waals surface area contributed by atoms with Gasteiger partial charge in [-0.25, -0.2) is 9.83 Å². The summed E-state index contributed by atoms with van der Waals surface area (Å²) in [7, 11) is 0. The minimum absolute atomic E-state index is 0.118. The monoisotopic (exact) mass is 445 g/mol. The highest BCUT2D eigenvalue weighted by molar-refractivity contribution is 7.81. The number of anilines is 2. The summed E-state index contributed by atoms with van der Waals surface area (Å²) >= 11 is 5.73. The average molecular weight is 446 g/mol. The second-order valence-corrected chi connectivity index (χ2v) is 8.55. The predicted molar refractivity (Wildman–Crippen MR) is 127 cm³/mol. The molecule has 0 unspecified atom stereocenters. The van der Waals surface area contributed by atoms with Crippen molar-refractivity contribution in [1.29, 1.82) is 0 Å². The summed E-state index contributed by atoms with van der Waals surface area (Å²) < 4.78 is 5.27. The second kappa shape index (κ2) is 8.52. The molecule has 32 heavy (non-hydrogen) atoms. The molecule has 0 saturated carbocycles. The van der Waals surface area contributed by atoms with E-state index in [9.17, 15) is 4.79 Å². The molecule has 1 aliphatic rings. The Labute approximate surface area is 192 Å². The third kappa shape index (κ3) is 3.87. The van der Waals surface area contributed by atoms with Gasteiger partial charge in [-0.2, -0.15) is 0 Å². The van der Waals surface area contributed by atoms with Crippen LogP contribution in [0, 0.1) is 13.5 Å². The van der Waals surface area contributed by atoms with Crippen molar-refractivity contribution in [2.45, 2.75) is 45.6 Å². The molecule has 4 rings (SSSR count). The average Bonchev–Trinajstić information content (AvgIpc) is 3.34. The van der Waals surface area contributed by atoms with Gasteiger partial charge in [0.15, 0.2) is 16.7 Å². The fourth-order valence-electron chi connectivity index (χ4n) is 3.85. The van der Waals surface area contributed by atoms with Crippen molar-refractivity contribution in [3.05, 3.63) is 77.6 Å². The molecule has 3 aromatic rings. The minimum Gasteiger partial charge on any atom is -0.449 e. The fourth-order valence-corrected chi connectivity index (χ4v) is 4.38. The highest BCUT2D eigenvalue weighted by atomic mass is 32.1. The Bertz CT molecular complexity index is 1200. The molecule has 1 aromatic carbocycles. The maximum absolute atomic E-state index is 13.3. The van der Waals surface area contributed by atoms with E-state index in [2.05, 4.69) is 14.8 Å². The molecule has 7 nitrogen and oxygen atoms in total. The molecule has 2 aromatic heterocycles. The lowest BCUT2D eigenvalue weighted by Crippen LogP contribution is -2.44. The van der Waals surface area contributed by atoms with Crippen molar-refractivity contribution in [2.75, 3.05) is 9.80 Å². The van der Waals surface area contributed by atoms with Crippen LogP contribution in [-0.4, -0.2) is 26.5 Å². The Balaban J connectivity index is 1.54. The van der Waals surface area contributed by atoms with Crippen molar-refractivity contribution in [1.82, 2.24) is 9.97 Å². The summed E-state index contributed by atoms with van der Waals surface area (Å²) in [4.78, 5) is 28.9. The third-order valence-corrected chi connectivity index (χ3v) is 5.97. The third-order valence-electron chi connectivity index (χ3n) is 5.60. The normalized spacial score (nSPS) is 15.3. The maximum Gasteiger partial charge on any atom is 0.259 e. The van der Waals surface area contributed by atoms with Gasteiger partial charge in [-0.1, -0.05) is 6.07 Å². The van der Waals surface area contributed by atoms with Gasteiger partial charge in [-0.05, 0) is 75.7 Å². The first-order valence-electron chi connectivity index (χ1n) is 10.3. The van der Waals surface area contributed by atoms with Gasteiger partial charge in [0, 0.05) is 17.8 Å². The summed E-state index contributed by atoms with van der Waals surface area (Å²) in [6.07, 6.45) is 7.43. The van der Waals surface area contributed by atoms with Crippen molar-refractivity contribution >= 4 is 40.3 Å². The van der Waals surface area contributed by atoms with E-state index >= 15 is 0 Å². The number of aryl methyl sites for hydroxylation is 3. The summed E-state index contributed by atoms with van der Waals surface area (Å²) in [6, 6.07) is 9.22. The van der Waals surface area contributed by atoms with Crippen molar-refractivity contribution in [2.24, 2.45) is 0 Å². The fraction of sp³-hybridized carbons (Fsp3) is 0.292. The van der Waals surface area contributed by atoms with Crippen molar-refractivity contribution < 1.29 is 9.21 Å². The Hall–Kier alpha value is -3.57. The number of hydrogen-bond acceptors (Lipinski definition) is 5. The van der Waals surface area contributed by atoms with Crippen molar-refractivity contribution in [3.8, 4) is 0 Å². The number of thiocarbonyl (C=S) groups is 1. The van der Waals surface area contributed by atoms with Gasteiger partial charge in [0.05, 0.1) is 24.7 Å². The molecule has 1 fully saturated rings. The van der Waals surface area contributed by atoms with Crippen LogP contribution >= 0.6 is 12.2 Å². The number of carbonyl (C=O) groups is 1. The Morgan fingerprint density at radius 3 is 2.56 bits per heavy atom. The van der Waals surface area contributed by atoms with E-state index < -0.39 is 5.54 Å². The molecule has 0 radical (unpaired) electrons. The number of pyridine rings is 1. The highest BCUT2D eigenvalue weighted by Gasteiger charge is 2.50. The molecule has 0 aliphatic carbocycles. The van der Waals surface area contributed by atoms with Crippen LogP contribution in [0.1, 0.15) is 37.4 Å². The molecule has 1 aliphatic heterocycles. The van der Waals surface area contributed by atoms with Crippen LogP contribution < -0.4 is 9.80 Å². The number of benzene rings is 1. The standard InChI is InChI=1S/C24H23N5O2S/c1-16-14-18(10-11-20(16)25-4)28-22(30)24(2,3)29(23(28)32)19-9-8-17(27-15-19)6-5-7-21-26-12-13-31-21/h8-15H,5-7H2,1-3H3. The van der Waals surface area contributed by atoms with E-state index in [0.717, 1.165) is 42.1 Å². The van der Waals surface area contributed by atoms with Gasteiger partial charge in [-0.3, -0.25) is 14.7 Å². The first-order chi connectivity index (χ1) is 15.3. The van der Waals surface area contributed by atoms with E-state index in [1.54, 1.807) is 35.7 Å². The van der Waals surface area contributed by atoms with Gasteiger partial charge < -0.3 is 9.32 Å². The number of nitrogens with zero attached hydrogens (tertiary/aromatic N) is 5. The van der Waals surface area contributed by atoms with Crippen LogP contribution in [0.2, 0.25) is 0 Å². The lowest BCUT2D eigenvalue weighted by atomic mass is 10.0. The van der Waals surface area contributed by atoms with Crippen LogP contribution in [0.15, 0.2) is 53.4 Å². The predicted octanol–water partition coefficient (Wildman–Crippen LogP) is 5.02. The molecule has 1 amide bonds. The lowest BCUT2D eigenvalue weighted by Gasteiger charge is -2.29. The second-order valence-electron chi connectivity index (χ2n) is 8.19.